The second kappa shape index (κ2) is 12.4. The van der Waals surface area contributed by atoms with Crippen LogP contribution in [0.3, 0.4) is 0 Å². The monoisotopic (exact) mass is 459 g/mol. The zero-order chi connectivity index (χ0) is 23.6. The van der Waals surface area contributed by atoms with Gasteiger partial charge in [-0.15, -0.1) is 0 Å². The number of likely N-dealkylation sites (tertiary alicyclic amines) is 1. The quantitative estimate of drug-likeness (QED) is 0.550. The second-order valence-corrected chi connectivity index (χ2v) is 8.27. The molecule has 1 heterocycles. The van der Waals surface area contributed by atoms with Gasteiger partial charge < -0.3 is 19.8 Å². The van der Waals surface area contributed by atoms with Crippen molar-refractivity contribution in [3.8, 4) is 0 Å². The summed E-state index contributed by atoms with van der Waals surface area (Å²) in [6.07, 6.45) is 4.77. The number of nitrogens with zero attached hydrogens (tertiary/aromatic N) is 1. The van der Waals surface area contributed by atoms with E-state index in [0.29, 0.717) is 18.2 Å². The predicted octanol–water partition coefficient (Wildman–Crippen LogP) is 4.82. The van der Waals surface area contributed by atoms with Crippen LogP contribution in [-0.2, 0) is 19.9 Å². The van der Waals surface area contributed by atoms with E-state index in [0.717, 1.165) is 23.6 Å². The molecule has 0 aliphatic carbocycles. The van der Waals surface area contributed by atoms with Gasteiger partial charge >= 0.3 is 11.9 Å². The van der Waals surface area contributed by atoms with Gasteiger partial charge in [0.1, 0.15) is 5.60 Å². The SMILES string of the molecule is CN1CCC[C@@H]1CCOC(C)(c1ccccc1)c1ccc(Cl)cc1.O=C(O)C=CC(=O)O. The van der Waals surface area contributed by atoms with E-state index in [1.54, 1.807) is 0 Å². The van der Waals surface area contributed by atoms with E-state index < -0.39 is 17.5 Å². The molecule has 172 valence electrons. The second-order valence-electron chi connectivity index (χ2n) is 7.83. The van der Waals surface area contributed by atoms with Crippen molar-refractivity contribution >= 4 is 23.5 Å². The average Bonchev–Trinajstić information content (AvgIpc) is 3.18. The van der Waals surface area contributed by atoms with Gasteiger partial charge in [0.25, 0.3) is 0 Å². The third kappa shape index (κ3) is 7.79. The summed E-state index contributed by atoms with van der Waals surface area (Å²) >= 11 is 6.07. The number of aliphatic carboxylic acids is 2. The molecule has 0 saturated carbocycles. The minimum Gasteiger partial charge on any atom is -0.478 e. The van der Waals surface area contributed by atoms with Gasteiger partial charge in [-0.25, -0.2) is 9.59 Å². The van der Waals surface area contributed by atoms with E-state index in [2.05, 4.69) is 55.3 Å². The highest BCUT2D eigenvalue weighted by atomic mass is 35.5. The Labute approximate surface area is 194 Å². The molecule has 1 fully saturated rings. The molecule has 2 N–H and O–H groups in total. The van der Waals surface area contributed by atoms with Gasteiger partial charge in [-0.3, -0.25) is 0 Å². The maximum absolute atomic E-state index is 9.55. The van der Waals surface area contributed by atoms with E-state index >= 15 is 0 Å². The van der Waals surface area contributed by atoms with Crippen LogP contribution in [0.2, 0.25) is 5.02 Å². The fourth-order valence-electron chi connectivity index (χ4n) is 3.74. The number of halogens is 1. The van der Waals surface area contributed by atoms with Crippen molar-refractivity contribution in [1.29, 1.82) is 0 Å². The van der Waals surface area contributed by atoms with Crippen molar-refractivity contribution in [3.05, 3.63) is 82.9 Å². The maximum atomic E-state index is 9.55. The zero-order valence-electron chi connectivity index (χ0n) is 18.4. The number of benzene rings is 2. The van der Waals surface area contributed by atoms with Crippen LogP contribution in [-0.4, -0.2) is 53.3 Å². The van der Waals surface area contributed by atoms with Crippen LogP contribution < -0.4 is 0 Å². The molecular formula is C25H30ClNO5. The first-order valence-corrected chi connectivity index (χ1v) is 10.9. The Hall–Kier alpha value is -2.67. The number of hydrogen-bond donors (Lipinski definition) is 2. The van der Waals surface area contributed by atoms with Gasteiger partial charge in [0.05, 0.1) is 0 Å². The summed E-state index contributed by atoms with van der Waals surface area (Å²) in [5.41, 5.74) is 1.85. The summed E-state index contributed by atoms with van der Waals surface area (Å²) in [6, 6.07) is 19.1. The number of carbonyl (C=O) groups is 2. The van der Waals surface area contributed by atoms with Crippen molar-refractivity contribution in [1.82, 2.24) is 4.90 Å². The van der Waals surface area contributed by atoms with Crippen molar-refractivity contribution in [2.24, 2.45) is 0 Å². The van der Waals surface area contributed by atoms with Crippen LogP contribution in [0.15, 0.2) is 66.7 Å². The Kier molecular flexibility index (Phi) is 9.91. The van der Waals surface area contributed by atoms with E-state index in [-0.39, 0.29) is 0 Å². The molecule has 1 aliphatic heterocycles. The molecule has 0 bridgehead atoms. The Morgan fingerprint density at radius 3 is 2.12 bits per heavy atom. The van der Waals surface area contributed by atoms with E-state index in [1.807, 2.05) is 18.2 Å². The highest BCUT2D eigenvalue weighted by Crippen LogP contribution is 2.34. The largest absolute Gasteiger partial charge is 0.478 e. The lowest BCUT2D eigenvalue weighted by atomic mass is 9.88. The normalized spacial score (nSPS) is 18.0. The number of ether oxygens (including phenoxy) is 1. The standard InChI is InChI=1S/C21H26ClNO.C4H4O4/c1-21(17-7-4-3-5-8-17,18-10-12-19(22)13-11-18)24-16-14-20-9-6-15-23(20)2;5-3(6)1-2-4(7)8/h3-5,7-8,10-13,20H,6,9,14-16H2,1-2H3;1-2H,(H,5,6)(H,7,8)/t20-,21?;/m1./s1. The third-order valence-electron chi connectivity index (χ3n) is 5.60. The average molecular weight is 460 g/mol. The van der Waals surface area contributed by atoms with Crippen molar-refractivity contribution in [3.63, 3.8) is 0 Å². The van der Waals surface area contributed by atoms with Crippen LogP contribution in [0.25, 0.3) is 0 Å². The van der Waals surface area contributed by atoms with E-state index in [1.165, 1.54) is 24.9 Å². The molecule has 2 aromatic carbocycles. The molecule has 1 saturated heterocycles. The third-order valence-corrected chi connectivity index (χ3v) is 5.85. The molecule has 1 unspecified atom stereocenters. The summed E-state index contributed by atoms with van der Waals surface area (Å²) in [6.45, 7) is 4.12. The van der Waals surface area contributed by atoms with Gasteiger partial charge in [0.2, 0.25) is 0 Å². The van der Waals surface area contributed by atoms with Gasteiger partial charge in [0, 0.05) is 29.8 Å². The van der Waals surface area contributed by atoms with Crippen LogP contribution in [0.5, 0.6) is 0 Å². The molecule has 0 radical (unpaired) electrons. The number of carboxylic acid groups (broad SMARTS) is 2. The molecule has 6 nitrogen and oxygen atoms in total. The zero-order valence-corrected chi connectivity index (χ0v) is 19.2. The first-order chi connectivity index (χ1) is 15.2. The number of carboxylic acids is 2. The van der Waals surface area contributed by atoms with Crippen LogP contribution >= 0.6 is 11.6 Å². The molecule has 2 aromatic rings. The summed E-state index contributed by atoms with van der Waals surface area (Å²) in [4.78, 5) is 21.6. The van der Waals surface area contributed by atoms with E-state index in [9.17, 15) is 9.59 Å². The van der Waals surface area contributed by atoms with Crippen molar-refractivity contribution < 1.29 is 24.5 Å². The molecule has 0 aromatic heterocycles. The molecule has 7 heteroatoms. The highest BCUT2D eigenvalue weighted by molar-refractivity contribution is 6.30. The molecule has 0 spiro atoms. The molecule has 2 atom stereocenters. The first kappa shape index (κ1) is 25.6. The summed E-state index contributed by atoms with van der Waals surface area (Å²) in [7, 11) is 2.22. The maximum Gasteiger partial charge on any atom is 0.328 e. The smallest absolute Gasteiger partial charge is 0.328 e. The number of hydrogen-bond acceptors (Lipinski definition) is 4. The summed E-state index contributed by atoms with van der Waals surface area (Å²) < 4.78 is 6.48. The summed E-state index contributed by atoms with van der Waals surface area (Å²) in [5, 5.41) is 16.4. The lowest BCUT2D eigenvalue weighted by Crippen LogP contribution is -2.31. The molecule has 3 rings (SSSR count). The van der Waals surface area contributed by atoms with Crippen LogP contribution in [0.1, 0.15) is 37.3 Å². The highest BCUT2D eigenvalue weighted by Gasteiger charge is 2.30. The van der Waals surface area contributed by atoms with Crippen LogP contribution in [0.4, 0.5) is 0 Å². The lowest BCUT2D eigenvalue weighted by molar-refractivity contribution is -0.134. The predicted molar refractivity (Wildman–Crippen MR) is 125 cm³/mol. The Bertz CT molecular complexity index is 884. The van der Waals surface area contributed by atoms with Gasteiger partial charge in [-0.2, -0.15) is 0 Å². The Balaban J connectivity index is 0.000000390. The minimum absolute atomic E-state index is 0.455. The van der Waals surface area contributed by atoms with Gasteiger partial charge in [0.15, 0.2) is 0 Å². The van der Waals surface area contributed by atoms with Gasteiger partial charge in [-0.05, 0) is 63.0 Å². The fourth-order valence-corrected chi connectivity index (χ4v) is 3.87. The van der Waals surface area contributed by atoms with Crippen LogP contribution in [0, 0.1) is 0 Å². The summed E-state index contributed by atoms with van der Waals surface area (Å²) in [5.74, 6) is -2.51. The Morgan fingerprint density at radius 1 is 1.06 bits per heavy atom. The van der Waals surface area contributed by atoms with Crippen molar-refractivity contribution in [2.75, 3.05) is 20.2 Å². The molecule has 1 aliphatic rings. The lowest BCUT2D eigenvalue weighted by Gasteiger charge is -2.32. The minimum atomic E-state index is -1.26. The molecule has 0 amide bonds. The topological polar surface area (TPSA) is 87.1 Å². The molecule has 32 heavy (non-hydrogen) atoms. The Morgan fingerprint density at radius 2 is 1.62 bits per heavy atom. The fraction of sp³-hybridized carbons (Fsp3) is 0.360. The van der Waals surface area contributed by atoms with Crippen molar-refractivity contribution in [2.45, 2.75) is 37.8 Å². The van der Waals surface area contributed by atoms with Gasteiger partial charge in [-0.1, -0.05) is 54.1 Å². The van der Waals surface area contributed by atoms with E-state index in [4.69, 9.17) is 26.6 Å². The molecular weight excluding hydrogens is 430 g/mol. The number of rotatable bonds is 8. The first-order valence-electron chi connectivity index (χ1n) is 10.5.